The van der Waals surface area contributed by atoms with Crippen molar-refractivity contribution in [3.8, 4) is 11.5 Å². The SMILES string of the molecule is COc1ccc(C(O)c2ccc(OC)c(C)c2)cc1. The van der Waals surface area contributed by atoms with Gasteiger partial charge in [-0.1, -0.05) is 18.2 Å². The molecule has 100 valence electrons. The van der Waals surface area contributed by atoms with Crippen molar-refractivity contribution in [3.63, 3.8) is 0 Å². The van der Waals surface area contributed by atoms with Crippen molar-refractivity contribution in [3.05, 3.63) is 59.2 Å². The summed E-state index contributed by atoms with van der Waals surface area (Å²) in [5.74, 6) is 1.60. The summed E-state index contributed by atoms with van der Waals surface area (Å²) in [4.78, 5) is 0. The number of aliphatic hydroxyl groups is 1. The maximum Gasteiger partial charge on any atom is 0.121 e. The number of aryl methyl sites for hydroxylation is 1. The molecule has 0 aliphatic rings. The van der Waals surface area contributed by atoms with Crippen LogP contribution in [0.15, 0.2) is 42.5 Å². The molecule has 0 spiro atoms. The molecule has 0 fully saturated rings. The van der Waals surface area contributed by atoms with Crippen LogP contribution in [0, 0.1) is 6.92 Å². The zero-order valence-corrected chi connectivity index (χ0v) is 11.4. The maximum atomic E-state index is 10.4. The Hall–Kier alpha value is -2.00. The van der Waals surface area contributed by atoms with Crippen LogP contribution in [0.25, 0.3) is 0 Å². The topological polar surface area (TPSA) is 38.7 Å². The fraction of sp³-hybridized carbons (Fsp3) is 0.250. The summed E-state index contributed by atoms with van der Waals surface area (Å²) in [7, 11) is 3.26. The van der Waals surface area contributed by atoms with E-state index in [1.165, 1.54) is 0 Å². The first-order chi connectivity index (χ1) is 9.15. The van der Waals surface area contributed by atoms with Crippen LogP contribution in [0.2, 0.25) is 0 Å². The lowest BCUT2D eigenvalue weighted by Gasteiger charge is -2.14. The zero-order chi connectivity index (χ0) is 13.8. The molecule has 1 atom stereocenters. The van der Waals surface area contributed by atoms with Crippen LogP contribution in [0.5, 0.6) is 11.5 Å². The summed E-state index contributed by atoms with van der Waals surface area (Å²) in [6.45, 7) is 1.96. The predicted octanol–water partition coefficient (Wildman–Crippen LogP) is 3.09. The molecule has 19 heavy (non-hydrogen) atoms. The number of benzene rings is 2. The molecule has 0 heterocycles. The van der Waals surface area contributed by atoms with Crippen molar-refractivity contribution in [2.24, 2.45) is 0 Å². The molecule has 3 nitrogen and oxygen atoms in total. The highest BCUT2D eigenvalue weighted by atomic mass is 16.5. The van der Waals surface area contributed by atoms with Crippen LogP contribution in [-0.4, -0.2) is 19.3 Å². The molecular weight excluding hydrogens is 240 g/mol. The average Bonchev–Trinajstić information content (AvgIpc) is 2.46. The van der Waals surface area contributed by atoms with Gasteiger partial charge in [0, 0.05) is 0 Å². The summed E-state index contributed by atoms with van der Waals surface area (Å²) in [6.07, 6.45) is -0.643. The molecule has 0 bridgehead atoms. The molecule has 2 rings (SSSR count). The van der Waals surface area contributed by atoms with Crippen LogP contribution in [0.3, 0.4) is 0 Å². The number of hydrogen-bond acceptors (Lipinski definition) is 3. The molecule has 0 aliphatic heterocycles. The second-order valence-electron chi connectivity index (χ2n) is 4.40. The summed E-state index contributed by atoms with van der Waals surface area (Å²) in [6, 6.07) is 13.1. The second kappa shape index (κ2) is 5.76. The van der Waals surface area contributed by atoms with E-state index < -0.39 is 6.10 Å². The molecule has 1 unspecified atom stereocenters. The highest BCUT2D eigenvalue weighted by Gasteiger charge is 2.12. The number of aliphatic hydroxyl groups excluding tert-OH is 1. The van der Waals surface area contributed by atoms with E-state index in [0.29, 0.717) is 0 Å². The molecular formula is C16H18O3. The van der Waals surface area contributed by atoms with Gasteiger partial charge in [-0.15, -0.1) is 0 Å². The lowest BCUT2D eigenvalue weighted by molar-refractivity contribution is 0.220. The summed E-state index contributed by atoms with van der Waals surface area (Å²) in [5, 5.41) is 10.4. The highest BCUT2D eigenvalue weighted by molar-refractivity contribution is 5.40. The number of ether oxygens (including phenoxy) is 2. The van der Waals surface area contributed by atoms with Gasteiger partial charge in [0.1, 0.15) is 17.6 Å². The molecule has 2 aromatic rings. The Balaban J connectivity index is 2.27. The highest BCUT2D eigenvalue weighted by Crippen LogP contribution is 2.27. The van der Waals surface area contributed by atoms with Gasteiger partial charge in [0.15, 0.2) is 0 Å². The van der Waals surface area contributed by atoms with Crippen molar-refractivity contribution in [1.82, 2.24) is 0 Å². The van der Waals surface area contributed by atoms with Crippen molar-refractivity contribution >= 4 is 0 Å². The number of rotatable bonds is 4. The van der Waals surface area contributed by atoms with Crippen molar-refractivity contribution in [2.45, 2.75) is 13.0 Å². The summed E-state index contributed by atoms with van der Waals surface area (Å²) >= 11 is 0. The predicted molar refractivity (Wildman–Crippen MR) is 74.8 cm³/mol. The van der Waals surface area contributed by atoms with Gasteiger partial charge in [0.05, 0.1) is 14.2 Å². The van der Waals surface area contributed by atoms with E-state index in [0.717, 1.165) is 28.2 Å². The first-order valence-corrected chi connectivity index (χ1v) is 6.12. The van der Waals surface area contributed by atoms with E-state index in [-0.39, 0.29) is 0 Å². The molecule has 0 radical (unpaired) electrons. The van der Waals surface area contributed by atoms with Gasteiger partial charge in [-0.2, -0.15) is 0 Å². The van der Waals surface area contributed by atoms with E-state index in [1.54, 1.807) is 14.2 Å². The smallest absolute Gasteiger partial charge is 0.121 e. The largest absolute Gasteiger partial charge is 0.497 e. The molecule has 2 aromatic carbocycles. The van der Waals surface area contributed by atoms with Gasteiger partial charge in [-0.3, -0.25) is 0 Å². The Morgan fingerprint density at radius 1 is 0.895 bits per heavy atom. The van der Waals surface area contributed by atoms with E-state index in [4.69, 9.17) is 9.47 Å². The van der Waals surface area contributed by atoms with Crippen molar-refractivity contribution in [2.75, 3.05) is 14.2 Å². The Bertz CT molecular complexity index is 546. The Morgan fingerprint density at radius 3 is 2.05 bits per heavy atom. The molecule has 3 heteroatoms. The molecule has 0 amide bonds. The zero-order valence-electron chi connectivity index (χ0n) is 11.4. The Morgan fingerprint density at radius 2 is 1.53 bits per heavy atom. The number of methoxy groups -OCH3 is 2. The van der Waals surface area contributed by atoms with E-state index in [9.17, 15) is 5.11 Å². The first kappa shape index (κ1) is 13.4. The summed E-state index contributed by atoms with van der Waals surface area (Å²) in [5.41, 5.74) is 2.70. The van der Waals surface area contributed by atoms with Gasteiger partial charge >= 0.3 is 0 Å². The fourth-order valence-electron chi connectivity index (χ4n) is 2.05. The van der Waals surface area contributed by atoms with E-state index >= 15 is 0 Å². The van der Waals surface area contributed by atoms with Gasteiger partial charge < -0.3 is 14.6 Å². The minimum Gasteiger partial charge on any atom is -0.497 e. The van der Waals surface area contributed by atoms with E-state index in [2.05, 4.69) is 0 Å². The first-order valence-electron chi connectivity index (χ1n) is 6.12. The lowest BCUT2D eigenvalue weighted by atomic mass is 9.99. The minimum absolute atomic E-state index is 0.643. The van der Waals surface area contributed by atoms with Crippen LogP contribution in [0.4, 0.5) is 0 Å². The average molecular weight is 258 g/mol. The third-order valence-electron chi connectivity index (χ3n) is 3.17. The number of hydrogen-bond donors (Lipinski definition) is 1. The monoisotopic (exact) mass is 258 g/mol. The maximum absolute atomic E-state index is 10.4. The molecule has 1 N–H and O–H groups in total. The normalized spacial score (nSPS) is 12.0. The lowest BCUT2D eigenvalue weighted by Crippen LogP contribution is -2.00. The molecule has 0 aliphatic carbocycles. The molecule has 0 saturated carbocycles. The van der Waals surface area contributed by atoms with Gasteiger partial charge in [0.25, 0.3) is 0 Å². The Labute approximate surface area is 113 Å². The second-order valence-corrected chi connectivity index (χ2v) is 4.40. The van der Waals surface area contributed by atoms with Gasteiger partial charge in [-0.25, -0.2) is 0 Å². The minimum atomic E-state index is -0.643. The van der Waals surface area contributed by atoms with Crippen LogP contribution in [-0.2, 0) is 0 Å². The molecule has 0 aromatic heterocycles. The standard InChI is InChI=1S/C16H18O3/c1-11-10-13(6-9-15(11)19-3)16(17)12-4-7-14(18-2)8-5-12/h4-10,16-17H,1-3H3. The summed E-state index contributed by atoms with van der Waals surface area (Å²) < 4.78 is 10.3. The third kappa shape index (κ3) is 2.88. The fourth-order valence-corrected chi connectivity index (χ4v) is 2.05. The van der Waals surface area contributed by atoms with Crippen LogP contribution >= 0.6 is 0 Å². The van der Waals surface area contributed by atoms with Crippen LogP contribution in [0.1, 0.15) is 22.8 Å². The van der Waals surface area contributed by atoms with Crippen LogP contribution < -0.4 is 9.47 Å². The van der Waals surface area contributed by atoms with Gasteiger partial charge in [0.2, 0.25) is 0 Å². The van der Waals surface area contributed by atoms with E-state index in [1.807, 2.05) is 49.4 Å². The van der Waals surface area contributed by atoms with Crippen molar-refractivity contribution in [1.29, 1.82) is 0 Å². The third-order valence-corrected chi connectivity index (χ3v) is 3.17. The van der Waals surface area contributed by atoms with Crippen molar-refractivity contribution < 1.29 is 14.6 Å². The Kier molecular flexibility index (Phi) is 4.07. The quantitative estimate of drug-likeness (QED) is 0.915. The van der Waals surface area contributed by atoms with Gasteiger partial charge in [-0.05, 0) is 47.9 Å². The molecule has 0 saturated heterocycles.